The number of carbonyl (C=O) groups excluding carboxylic acids is 1. The van der Waals surface area contributed by atoms with Crippen molar-refractivity contribution >= 4 is 17.4 Å². The van der Waals surface area contributed by atoms with Gasteiger partial charge in [0.05, 0.1) is 17.7 Å². The second-order valence-electron chi connectivity index (χ2n) is 4.36. The minimum atomic E-state index is -0.174. The molecular formula is C11H16N4OS. The van der Waals surface area contributed by atoms with Gasteiger partial charge in [-0.15, -0.1) is 5.10 Å². The van der Waals surface area contributed by atoms with Crippen LogP contribution in [0.3, 0.4) is 0 Å². The van der Waals surface area contributed by atoms with E-state index in [1.54, 1.807) is 18.9 Å². The van der Waals surface area contributed by atoms with Crippen LogP contribution in [-0.4, -0.2) is 34.0 Å². The third-order valence-corrected chi connectivity index (χ3v) is 3.10. The topological polar surface area (TPSA) is 69.9 Å². The lowest BCUT2D eigenvalue weighted by molar-refractivity contribution is 0.0788. The van der Waals surface area contributed by atoms with Crippen molar-refractivity contribution < 1.29 is 4.79 Å². The molecule has 5 nitrogen and oxygen atoms in total. The first kappa shape index (κ1) is 13.6. The molecule has 0 spiro atoms. The van der Waals surface area contributed by atoms with Gasteiger partial charge in [-0.1, -0.05) is 18.3 Å². The number of hydrogen-bond donors (Lipinski definition) is 0. The molecule has 1 heterocycles. The summed E-state index contributed by atoms with van der Waals surface area (Å²) in [7, 11) is 1.69. The molecule has 1 atom stereocenters. The second-order valence-corrected chi connectivity index (χ2v) is 5.11. The fraction of sp³-hybridized carbons (Fsp3) is 0.636. The molecule has 0 saturated carbocycles. The normalized spacial score (nSPS) is 12.2. The van der Waals surface area contributed by atoms with Gasteiger partial charge >= 0.3 is 0 Å². The summed E-state index contributed by atoms with van der Waals surface area (Å²) in [5.74, 6) is -0.104. The van der Waals surface area contributed by atoms with E-state index in [2.05, 4.69) is 15.7 Å². The third-order valence-electron chi connectivity index (χ3n) is 2.37. The highest BCUT2D eigenvalue weighted by atomic mass is 32.1. The number of carbonyl (C=O) groups is 1. The van der Waals surface area contributed by atoms with Crippen LogP contribution in [0.5, 0.6) is 0 Å². The van der Waals surface area contributed by atoms with Gasteiger partial charge < -0.3 is 4.90 Å². The lowest BCUT2D eigenvalue weighted by Gasteiger charge is -2.17. The molecule has 0 saturated heterocycles. The maximum atomic E-state index is 12.1. The van der Waals surface area contributed by atoms with E-state index in [9.17, 15) is 4.79 Å². The molecule has 1 rings (SSSR count). The van der Waals surface area contributed by atoms with Gasteiger partial charge in [0.15, 0.2) is 0 Å². The van der Waals surface area contributed by atoms with Gasteiger partial charge in [-0.3, -0.25) is 4.79 Å². The van der Waals surface area contributed by atoms with E-state index < -0.39 is 0 Å². The van der Waals surface area contributed by atoms with Crippen LogP contribution >= 0.6 is 11.5 Å². The summed E-state index contributed by atoms with van der Waals surface area (Å²) in [5, 5.41) is 12.7. The van der Waals surface area contributed by atoms with Crippen LogP contribution < -0.4 is 0 Å². The average Bonchev–Trinajstić information content (AvgIpc) is 2.76. The Morgan fingerprint density at radius 3 is 2.71 bits per heavy atom. The van der Waals surface area contributed by atoms with E-state index in [1.807, 2.05) is 13.8 Å². The SMILES string of the molecule is CC(C#N)CN(C)C(=O)c1snnc1C(C)C. The highest BCUT2D eigenvalue weighted by Crippen LogP contribution is 2.21. The Labute approximate surface area is 105 Å². The Hall–Kier alpha value is -1.48. The molecule has 92 valence electrons. The first-order valence-corrected chi connectivity index (χ1v) is 6.22. The third kappa shape index (κ3) is 3.24. The van der Waals surface area contributed by atoms with Crippen LogP contribution in [0.1, 0.15) is 42.1 Å². The Morgan fingerprint density at radius 2 is 2.18 bits per heavy atom. The Morgan fingerprint density at radius 1 is 1.53 bits per heavy atom. The van der Waals surface area contributed by atoms with E-state index in [0.717, 1.165) is 17.2 Å². The van der Waals surface area contributed by atoms with Crippen LogP contribution in [0.25, 0.3) is 0 Å². The van der Waals surface area contributed by atoms with Crippen molar-refractivity contribution in [3.8, 4) is 6.07 Å². The number of aromatic nitrogens is 2. The van der Waals surface area contributed by atoms with E-state index >= 15 is 0 Å². The fourth-order valence-electron chi connectivity index (χ4n) is 1.43. The molecule has 0 aliphatic carbocycles. The van der Waals surface area contributed by atoms with Gasteiger partial charge in [0, 0.05) is 13.6 Å². The summed E-state index contributed by atoms with van der Waals surface area (Å²) in [5.41, 5.74) is 0.733. The van der Waals surface area contributed by atoms with Crippen molar-refractivity contribution in [2.75, 3.05) is 13.6 Å². The second kappa shape index (κ2) is 5.73. The van der Waals surface area contributed by atoms with Gasteiger partial charge in [-0.25, -0.2) is 0 Å². The fourth-order valence-corrected chi connectivity index (χ4v) is 2.25. The zero-order chi connectivity index (χ0) is 13.0. The number of amides is 1. The number of nitriles is 1. The molecule has 1 amide bonds. The molecule has 0 aliphatic rings. The number of nitrogens with zero attached hydrogens (tertiary/aromatic N) is 4. The smallest absolute Gasteiger partial charge is 0.267 e. The zero-order valence-electron chi connectivity index (χ0n) is 10.5. The van der Waals surface area contributed by atoms with Crippen molar-refractivity contribution in [1.82, 2.24) is 14.5 Å². The lowest BCUT2D eigenvalue weighted by Crippen LogP contribution is -2.30. The summed E-state index contributed by atoms with van der Waals surface area (Å²) in [6.45, 7) is 6.17. The molecule has 0 bridgehead atoms. The van der Waals surface area contributed by atoms with Crippen LogP contribution in [0.15, 0.2) is 0 Å². The van der Waals surface area contributed by atoms with Crippen LogP contribution in [-0.2, 0) is 0 Å². The molecule has 0 radical (unpaired) electrons. The van der Waals surface area contributed by atoms with Crippen LogP contribution in [0.2, 0.25) is 0 Å². The Bertz CT molecular complexity index is 435. The minimum Gasteiger partial charge on any atom is -0.340 e. The van der Waals surface area contributed by atoms with E-state index in [4.69, 9.17) is 5.26 Å². The van der Waals surface area contributed by atoms with Crippen molar-refractivity contribution in [2.24, 2.45) is 5.92 Å². The maximum absolute atomic E-state index is 12.1. The van der Waals surface area contributed by atoms with E-state index in [0.29, 0.717) is 11.4 Å². The standard InChI is InChI=1S/C11H16N4OS/c1-7(2)9-10(17-14-13-9)11(16)15(4)6-8(3)5-12/h7-8H,6H2,1-4H3. The summed E-state index contributed by atoms with van der Waals surface area (Å²) >= 11 is 1.11. The van der Waals surface area contributed by atoms with Gasteiger partial charge in [0.1, 0.15) is 4.88 Å². The number of hydrogen-bond acceptors (Lipinski definition) is 5. The Kier molecular flexibility index (Phi) is 4.58. The summed E-state index contributed by atoms with van der Waals surface area (Å²) in [6.07, 6.45) is 0. The molecule has 6 heteroatoms. The molecule has 0 aromatic carbocycles. The highest BCUT2D eigenvalue weighted by Gasteiger charge is 2.22. The predicted octanol–water partition coefficient (Wildman–Crippen LogP) is 1.89. The van der Waals surface area contributed by atoms with E-state index in [1.165, 1.54) is 0 Å². The highest BCUT2D eigenvalue weighted by molar-refractivity contribution is 7.08. The van der Waals surface area contributed by atoms with Crippen molar-refractivity contribution in [3.63, 3.8) is 0 Å². The molecule has 1 aromatic rings. The van der Waals surface area contributed by atoms with Crippen molar-refractivity contribution in [1.29, 1.82) is 5.26 Å². The average molecular weight is 252 g/mol. The summed E-state index contributed by atoms with van der Waals surface area (Å²) in [6, 6.07) is 2.11. The van der Waals surface area contributed by atoms with Crippen LogP contribution in [0.4, 0.5) is 0 Å². The minimum absolute atomic E-state index is 0.106. The monoisotopic (exact) mass is 252 g/mol. The zero-order valence-corrected chi connectivity index (χ0v) is 11.3. The van der Waals surface area contributed by atoms with Gasteiger partial charge in [0.2, 0.25) is 0 Å². The summed E-state index contributed by atoms with van der Waals surface area (Å²) in [4.78, 5) is 14.3. The predicted molar refractivity (Wildman–Crippen MR) is 65.7 cm³/mol. The van der Waals surface area contributed by atoms with Gasteiger partial charge in [-0.2, -0.15) is 5.26 Å². The molecular weight excluding hydrogens is 236 g/mol. The first-order chi connectivity index (χ1) is 7.97. The number of rotatable bonds is 4. The Balaban J connectivity index is 2.82. The van der Waals surface area contributed by atoms with E-state index in [-0.39, 0.29) is 17.7 Å². The quantitative estimate of drug-likeness (QED) is 0.820. The molecule has 0 aliphatic heterocycles. The van der Waals surface area contributed by atoms with Crippen LogP contribution in [0, 0.1) is 17.2 Å². The lowest BCUT2D eigenvalue weighted by atomic mass is 10.1. The van der Waals surface area contributed by atoms with Gasteiger partial charge in [-0.05, 0) is 24.4 Å². The molecule has 0 fully saturated rings. The molecule has 0 N–H and O–H groups in total. The first-order valence-electron chi connectivity index (χ1n) is 5.44. The maximum Gasteiger partial charge on any atom is 0.267 e. The van der Waals surface area contributed by atoms with Crippen molar-refractivity contribution in [3.05, 3.63) is 10.6 Å². The van der Waals surface area contributed by atoms with Gasteiger partial charge in [0.25, 0.3) is 5.91 Å². The molecule has 17 heavy (non-hydrogen) atoms. The molecule has 1 aromatic heterocycles. The molecule has 1 unspecified atom stereocenters. The van der Waals surface area contributed by atoms with Crippen molar-refractivity contribution in [2.45, 2.75) is 26.7 Å². The summed E-state index contributed by atoms with van der Waals surface area (Å²) < 4.78 is 3.83. The largest absolute Gasteiger partial charge is 0.340 e.